The van der Waals surface area contributed by atoms with E-state index in [1.165, 1.54) is 16.4 Å². The molecular formula is C11H12N4O3S. The number of carbonyl (C=O) groups is 1. The molecule has 1 aromatic carbocycles. The Morgan fingerprint density at radius 1 is 1.47 bits per heavy atom. The SMILES string of the molecule is COc1ccccc1CSc1nnnn1CC(=O)O. The van der Waals surface area contributed by atoms with Crippen LogP contribution in [0, 0.1) is 0 Å². The zero-order valence-electron chi connectivity index (χ0n) is 10.2. The van der Waals surface area contributed by atoms with Crippen molar-refractivity contribution in [2.24, 2.45) is 0 Å². The van der Waals surface area contributed by atoms with Gasteiger partial charge in [-0.05, 0) is 16.5 Å². The lowest BCUT2D eigenvalue weighted by Crippen LogP contribution is -2.11. The van der Waals surface area contributed by atoms with Crippen LogP contribution in [0.2, 0.25) is 0 Å². The molecule has 1 aromatic heterocycles. The molecule has 0 saturated heterocycles. The standard InChI is InChI=1S/C11H12N4O3S/c1-18-9-5-3-2-4-8(9)7-19-11-12-13-14-15(11)6-10(16)17/h2-5H,6-7H2,1H3,(H,16,17). The number of ether oxygens (including phenoxy) is 1. The van der Waals surface area contributed by atoms with Crippen molar-refractivity contribution >= 4 is 17.7 Å². The Bertz CT molecular complexity index is 573. The third kappa shape index (κ3) is 3.44. The van der Waals surface area contributed by atoms with Crippen LogP contribution in [0.15, 0.2) is 29.4 Å². The zero-order chi connectivity index (χ0) is 13.7. The normalized spacial score (nSPS) is 10.4. The maximum absolute atomic E-state index is 10.6. The number of aromatic nitrogens is 4. The maximum Gasteiger partial charge on any atom is 0.325 e. The number of methoxy groups -OCH3 is 1. The smallest absolute Gasteiger partial charge is 0.325 e. The second-order valence-corrected chi connectivity index (χ2v) is 4.56. The first kappa shape index (κ1) is 13.3. The number of nitrogens with zero attached hydrogens (tertiary/aromatic N) is 4. The van der Waals surface area contributed by atoms with Crippen molar-refractivity contribution in [1.29, 1.82) is 0 Å². The second-order valence-electron chi connectivity index (χ2n) is 3.61. The highest BCUT2D eigenvalue weighted by atomic mass is 32.2. The highest BCUT2D eigenvalue weighted by Gasteiger charge is 2.11. The lowest BCUT2D eigenvalue weighted by molar-refractivity contribution is -0.138. The number of hydrogen-bond acceptors (Lipinski definition) is 6. The molecule has 0 atom stereocenters. The summed E-state index contributed by atoms with van der Waals surface area (Å²) < 4.78 is 6.50. The van der Waals surface area contributed by atoms with Gasteiger partial charge in [0.25, 0.3) is 0 Å². The lowest BCUT2D eigenvalue weighted by Gasteiger charge is -2.07. The molecule has 2 rings (SSSR count). The van der Waals surface area contributed by atoms with Gasteiger partial charge in [-0.15, -0.1) is 5.10 Å². The van der Waals surface area contributed by atoms with E-state index in [2.05, 4.69) is 15.5 Å². The van der Waals surface area contributed by atoms with Crippen LogP contribution in [0.3, 0.4) is 0 Å². The zero-order valence-corrected chi connectivity index (χ0v) is 11.0. The molecule has 0 saturated carbocycles. The minimum absolute atomic E-state index is 0.249. The summed E-state index contributed by atoms with van der Waals surface area (Å²) in [4.78, 5) is 10.6. The summed E-state index contributed by atoms with van der Waals surface area (Å²) in [7, 11) is 1.61. The Morgan fingerprint density at radius 3 is 3.00 bits per heavy atom. The van der Waals surface area contributed by atoms with Gasteiger partial charge >= 0.3 is 5.97 Å². The molecular weight excluding hydrogens is 268 g/mol. The number of carboxylic acid groups (broad SMARTS) is 1. The Balaban J connectivity index is 2.06. The number of benzene rings is 1. The molecule has 0 aliphatic heterocycles. The average Bonchev–Trinajstić information content (AvgIpc) is 2.83. The second kappa shape index (κ2) is 6.19. The van der Waals surface area contributed by atoms with Crippen LogP contribution in [-0.4, -0.2) is 38.4 Å². The molecule has 1 N–H and O–H groups in total. The van der Waals surface area contributed by atoms with E-state index in [-0.39, 0.29) is 6.54 Å². The van der Waals surface area contributed by atoms with Crippen LogP contribution >= 0.6 is 11.8 Å². The van der Waals surface area contributed by atoms with Crippen LogP contribution in [0.4, 0.5) is 0 Å². The van der Waals surface area contributed by atoms with Crippen LogP contribution in [0.1, 0.15) is 5.56 Å². The molecule has 0 radical (unpaired) electrons. The molecule has 0 aliphatic rings. The van der Waals surface area contributed by atoms with E-state index in [9.17, 15) is 4.79 Å². The van der Waals surface area contributed by atoms with Crippen molar-refractivity contribution in [1.82, 2.24) is 20.2 Å². The highest BCUT2D eigenvalue weighted by Crippen LogP contribution is 2.26. The Morgan fingerprint density at radius 2 is 2.26 bits per heavy atom. The van der Waals surface area contributed by atoms with E-state index in [4.69, 9.17) is 9.84 Å². The molecule has 19 heavy (non-hydrogen) atoms. The summed E-state index contributed by atoms with van der Waals surface area (Å²) in [5.41, 5.74) is 1.000. The molecule has 2 aromatic rings. The van der Waals surface area contributed by atoms with Gasteiger partial charge in [0.1, 0.15) is 12.3 Å². The van der Waals surface area contributed by atoms with Gasteiger partial charge in [0.15, 0.2) is 0 Å². The van der Waals surface area contributed by atoms with E-state index in [1.54, 1.807) is 7.11 Å². The van der Waals surface area contributed by atoms with Gasteiger partial charge in [-0.25, -0.2) is 4.68 Å². The molecule has 0 unspecified atom stereocenters. The minimum Gasteiger partial charge on any atom is -0.496 e. The molecule has 0 amide bonds. The Kier molecular flexibility index (Phi) is 4.35. The van der Waals surface area contributed by atoms with Crippen LogP contribution in [0.25, 0.3) is 0 Å². The summed E-state index contributed by atoms with van der Waals surface area (Å²) in [5.74, 6) is 0.406. The maximum atomic E-state index is 10.6. The Hall–Kier alpha value is -2.09. The summed E-state index contributed by atoms with van der Waals surface area (Å²) in [6.07, 6.45) is 0. The summed E-state index contributed by atoms with van der Waals surface area (Å²) in [6.45, 7) is -0.249. The molecule has 0 fully saturated rings. The van der Waals surface area contributed by atoms with Gasteiger partial charge < -0.3 is 9.84 Å². The van der Waals surface area contributed by atoms with Crippen LogP contribution in [-0.2, 0) is 17.1 Å². The van der Waals surface area contributed by atoms with Crippen molar-refractivity contribution in [3.8, 4) is 5.75 Å². The van der Waals surface area contributed by atoms with Crippen LogP contribution in [0.5, 0.6) is 5.75 Å². The van der Waals surface area contributed by atoms with Gasteiger partial charge in [-0.1, -0.05) is 30.0 Å². The predicted octanol–water partition coefficient (Wildman–Crippen LogP) is 1.06. The minimum atomic E-state index is -0.980. The van der Waals surface area contributed by atoms with Crippen molar-refractivity contribution < 1.29 is 14.6 Å². The monoisotopic (exact) mass is 280 g/mol. The van der Waals surface area contributed by atoms with E-state index >= 15 is 0 Å². The van der Waals surface area contributed by atoms with Gasteiger partial charge in [0.05, 0.1) is 7.11 Å². The van der Waals surface area contributed by atoms with Gasteiger partial charge in [0.2, 0.25) is 5.16 Å². The average molecular weight is 280 g/mol. The number of tetrazole rings is 1. The third-order valence-electron chi connectivity index (χ3n) is 2.33. The number of aliphatic carboxylic acids is 1. The fourth-order valence-electron chi connectivity index (χ4n) is 1.49. The van der Waals surface area contributed by atoms with Gasteiger partial charge in [-0.2, -0.15) is 0 Å². The molecule has 7 nitrogen and oxygen atoms in total. The van der Waals surface area contributed by atoms with E-state index in [0.29, 0.717) is 10.9 Å². The fraction of sp³-hybridized carbons (Fsp3) is 0.273. The third-order valence-corrected chi connectivity index (χ3v) is 3.34. The van der Waals surface area contributed by atoms with Crippen molar-refractivity contribution in [2.75, 3.05) is 7.11 Å². The van der Waals surface area contributed by atoms with Crippen molar-refractivity contribution in [3.63, 3.8) is 0 Å². The fourth-order valence-corrected chi connectivity index (χ4v) is 2.36. The summed E-state index contributed by atoms with van der Waals surface area (Å²) in [6, 6.07) is 7.62. The first-order valence-electron chi connectivity index (χ1n) is 5.43. The first-order valence-corrected chi connectivity index (χ1v) is 6.42. The van der Waals surface area contributed by atoms with E-state index in [0.717, 1.165) is 11.3 Å². The number of rotatable bonds is 6. The largest absolute Gasteiger partial charge is 0.496 e. The van der Waals surface area contributed by atoms with Gasteiger partial charge in [-0.3, -0.25) is 4.79 Å². The van der Waals surface area contributed by atoms with Gasteiger partial charge in [0, 0.05) is 11.3 Å². The number of thioether (sulfide) groups is 1. The molecule has 1 heterocycles. The number of carboxylic acids is 1. The van der Waals surface area contributed by atoms with E-state index in [1.807, 2.05) is 24.3 Å². The van der Waals surface area contributed by atoms with E-state index < -0.39 is 5.97 Å². The summed E-state index contributed by atoms with van der Waals surface area (Å²) >= 11 is 1.36. The number of para-hydroxylation sites is 1. The lowest BCUT2D eigenvalue weighted by atomic mass is 10.2. The molecule has 0 aliphatic carbocycles. The molecule has 0 bridgehead atoms. The molecule has 8 heteroatoms. The molecule has 100 valence electrons. The van der Waals surface area contributed by atoms with Crippen molar-refractivity contribution in [2.45, 2.75) is 17.5 Å². The summed E-state index contributed by atoms with van der Waals surface area (Å²) in [5, 5.41) is 20.1. The number of hydrogen-bond donors (Lipinski definition) is 1. The topological polar surface area (TPSA) is 90.1 Å². The predicted molar refractivity (Wildman–Crippen MR) is 68.0 cm³/mol. The molecule has 0 spiro atoms. The van der Waals surface area contributed by atoms with Crippen molar-refractivity contribution in [3.05, 3.63) is 29.8 Å². The Labute approximate surface area is 113 Å². The van der Waals surface area contributed by atoms with Crippen LogP contribution < -0.4 is 4.74 Å². The first-order chi connectivity index (χ1) is 9.20. The quantitative estimate of drug-likeness (QED) is 0.791. The highest BCUT2D eigenvalue weighted by molar-refractivity contribution is 7.98.